The number of nitrogens with zero attached hydrogens (tertiary/aromatic N) is 4. The van der Waals surface area contributed by atoms with Crippen LogP contribution in [-0.4, -0.2) is 59.7 Å². The SMILES string of the molecule is CN1CCN(C(=O)c2cc(-c3cc(C(F)(F)F)cc4c3C=NC4)c(=O)n(C)c2)CC1. The molecule has 0 aliphatic carbocycles. The number of alkyl halides is 3. The standard InChI is InChI=1S/C21H21F3N4O2/c1-26-3-5-28(6-4-26)19(29)14-8-17(20(30)27(2)12-14)16-9-15(21(22,23)24)7-13-10-25-11-18(13)16/h7-9,11-12H,3-6,10H2,1-2H3. The van der Waals surface area contributed by atoms with Crippen LogP contribution in [0.2, 0.25) is 0 Å². The van der Waals surface area contributed by atoms with Gasteiger partial charge in [-0.15, -0.1) is 0 Å². The van der Waals surface area contributed by atoms with E-state index in [-0.39, 0.29) is 29.1 Å². The first-order valence-corrected chi connectivity index (χ1v) is 9.58. The zero-order chi connectivity index (χ0) is 21.6. The van der Waals surface area contributed by atoms with E-state index in [2.05, 4.69) is 9.89 Å². The monoisotopic (exact) mass is 418 g/mol. The van der Waals surface area contributed by atoms with E-state index >= 15 is 0 Å². The first-order chi connectivity index (χ1) is 14.1. The summed E-state index contributed by atoms with van der Waals surface area (Å²) in [6, 6.07) is 3.44. The smallest absolute Gasteiger partial charge is 0.336 e. The molecule has 0 unspecified atom stereocenters. The van der Waals surface area contributed by atoms with E-state index in [1.165, 1.54) is 30.1 Å². The highest BCUT2D eigenvalue weighted by Crippen LogP contribution is 2.36. The first-order valence-electron chi connectivity index (χ1n) is 9.58. The molecule has 1 amide bonds. The van der Waals surface area contributed by atoms with E-state index in [1.807, 2.05) is 7.05 Å². The fraction of sp³-hybridized carbons (Fsp3) is 0.381. The molecular formula is C21H21F3N4O2. The average Bonchev–Trinajstić information content (AvgIpc) is 3.17. The molecule has 1 fully saturated rings. The van der Waals surface area contributed by atoms with Gasteiger partial charge in [0, 0.05) is 56.8 Å². The van der Waals surface area contributed by atoms with Gasteiger partial charge >= 0.3 is 6.18 Å². The number of halogens is 3. The van der Waals surface area contributed by atoms with Gasteiger partial charge in [0.1, 0.15) is 0 Å². The molecule has 0 radical (unpaired) electrons. The maximum atomic E-state index is 13.4. The minimum atomic E-state index is -4.55. The molecule has 0 saturated carbocycles. The Hall–Kier alpha value is -2.94. The molecule has 30 heavy (non-hydrogen) atoms. The van der Waals surface area contributed by atoms with Crippen LogP contribution in [0.4, 0.5) is 13.2 Å². The largest absolute Gasteiger partial charge is 0.416 e. The molecule has 1 saturated heterocycles. The number of carbonyl (C=O) groups is 1. The highest BCUT2D eigenvalue weighted by molar-refractivity contribution is 5.98. The fourth-order valence-corrected chi connectivity index (χ4v) is 3.83. The number of carbonyl (C=O) groups excluding carboxylic acids is 1. The third-order valence-electron chi connectivity index (χ3n) is 5.59. The number of rotatable bonds is 2. The average molecular weight is 418 g/mol. The maximum absolute atomic E-state index is 13.4. The summed E-state index contributed by atoms with van der Waals surface area (Å²) >= 11 is 0. The molecule has 0 spiro atoms. The predicted molar refractivity (Wildman–Crippen MR) is 107 cm³/mol. The predicted octanol–water partition coefficient (Wildman–Crippen LogP) is 2.39. The van der Waals surface area contributed by atoms with Crippen LogP contribution < -0.4 is 5.56 Å². The second kappa shape index (κ2) is 7.39. The van der Waals surface area contributed by atoms with Gasteiger partial charge in [-0.05, 0) is 36.4 Å². The molecule has 158 valence electrons. The van der Waals surface area contributed by atoms with E-state index in [1.54, 1.807) is 4.90 Å². The Balaban J connectivity index is 1.83. The van der Waals surface area contributed by atoms with E-state index in [0.29, 0.717) is 24.2 Å². The lowest BCUT2D eigenvalue weighted by Gasteiger charge is -2.32. The summed E-state index contributed by atoms with van der Waals surface area (Å²) in [6.07, 6.45) is -1.63. The summed E-state index contributed by atoms with van der Waals surface area (Å²) in [5, 5.41) is 0. The Morgan fingerprint density at radius 2 is 1.73 bits per heavy atom. The lowest BCUT2D eigenvalue weighted by atomic mass is 9.94. The summed E-state index contributed by atoms with van der Waals surface area (Å²) in [6.45, 7) is 2.72. The van der Waals surface area contributed by atoms with E-state index in [0.717, 1.165) is 25.2 Å². The Kier molecular flexibility index (Phi) is 5.01. The van der Waals surface area contributed by atoms with Gasteiger partial charge in [-0.1, -0.05) is 0 Å². The molecular weight excluding hydrogens is 397 g/mol. The number of aryl methyl sites for hydroxylation is 1. The molecule has 2 aliphatic rings. The molecule has 3 heterocycles. The van der Waals surface area contributed by atoms with Gasteiger partial charge in [-0.25, -0.2) is 0 Å². The van der Waals surface area contributed by atoms with Gasteiger partial charge in [0.25, 0.3) is 11.5 Å². The van der Waals surface area contributed by atoms with Crippen molar-refractivity contribution in [2.75, 3.05) is 33.2 Å². The summed E-state index contributed by atoms with van der Waals surface area (Å²) in [5.74, 6) is -0.239. The lowest BCUT2D eigenvalue weighted by Crippen LogP contribution is -2.47. The zero-order valence-electron chi connectivity index (χ0n) is 16.7. The number of benzene rings is 1. The second-order valence-corrected chi connectivity index (χ2v) is 7.72. The molecule has 4 rings (SSSR count). The summed E-state index contributed by atoms with van der Waals surface area (Å²) < 4.78 is 41.5. The van der Waals surface area contributed by atoms with Gasteiger partial charge in [0.2, 0.25) is 0 Å². The minimum absolute atomic E-state index is 0.0631. The van der Waals surface area contributed by atoms with Crippen molar-refractivity contribution in [1.82, 2.24) is 14.4 Å². The first kappa shape index (κ1) is 20.3. The maximum Gasteiger partial charge on any atom is 0.416 e. The highest BCUT2D eigenvalue weighted by Gasteiger charge is 2.33. The molecule has 1 aromatic heterocycles. The number of aliphatic imine (C=N–C) groups is 1. The number of pyridine rings is 1. The van der Waals surface area contributed by atoms with Crippen molar-refractivity contribution >= 4 is 12.1 Å². The Morgan fingerprint density at radius 3 is 2.40 bits per heavy atom. The number of fused-ring (bicyclic) bond motifs is 1. The van der Waals surface area contributed by atoms with Gasteiger partial charge in [-0.2, -0.15) is 13.2 Å². The molecule has 0 bridgehead atoms. The highest BCUT2D eigenvalue weighted by atomic mass is 19.4. The normalized spacial score (nSPS) is 16.8. The van der Waals surface area contributed by atoms with Crippen LogP contribution in [0, 0.1) is 0 Å². The third-order valence-corrected chi connectivity index (χ3v) is 5.59. The summed E-state index contributed by atoms with van der Waals surface area (Å²) in [7, 11) is 3.47. The molecule has 9 heteroatoms. The lowest BCUT2D eigenvalue weighted by molar-refractivity contribution is -0.137. The fourth-order valence-electron chi connectivity index (χ4n) is 3.83. The van der Waals surface area contributed by atoms with Crippen molar-refractivity contribution < 1.29 is 18.0 Å². The quantitative estimate of drug-likeness (QED) is 0.753. The number of likely N-dealkylation sites (N-methyl/N-ethyl adjacent to an activating group) is 1. The van der Waals surface area contributed by atoms with Crippen LogP contribution in [0.25, 0.3) is 11.1 Å². The van der Waals surface area contributed by atoms with Crippen LogP contribution in [0.3, 0.4) is 0 Å². The van der Waals surface area contributed by atoms with Crippen molar-refractivity contribution in [2.24, 2.45) is 12.0 Å². The van der Waals surface area contributed by atoms with E-state index in [4.69, 9.17) is 0 Å². The van der Waals surface area contributed by atoms with E-state index < -0.39 is 17.3 Å². The van der Waals surface area contributed by atoms with Gasteiger partial charge in [0.15, 0.2) is 0 Å². The number of piperazine rings is 1. The Morgan fingerprint density at radius 1 is 1.03 bits per heavy atom. The van der Waals surface area contributed by atoms with Crippen LogP contribution >= 0.6 is 0 Å². The molecule has 6 nitrogen and oxygen atoms in total. The Labute approximate surface area is 171 Å². The van der Waals surface area contributed by atoms with Crippen LogP contribution in [-0.2, 0) is 19.8 Å². The van der Waals surface area contributed by atoms with E-state index in [9.17, 15) is 22.8 Å². The molecule has 1 aromatic carbocycles. The Bertz CT molecular complexity index is 1100. The minimum Gasteiger partial charge on any atom is -0.336 e. The van der Waals surface area contributed by atoms with Crippen molar-refractivity contribution in [3.63, 3.8) is 0 Å². The van der Waals surface area contributed by atoms with Crippen LogP contribution in [0.1, 0.15) is 27.0 Å². The number of aromatic nitrogens is 1. The number of hydrogen-bond donors (Lipinski definition) is 0. The van der Waals surface area contributed by atoms with Gasteiger partial charge in [-0.3, -0.25) is 14.6 Å². The van der Waals surface area contributed by atoms with Crippen LogP contribution in [0.15, 0.2) is 34.2 Å². The molecule has 2 aliphatic heterocycles. The number of amides is 1. The molecule has 0 N–H and O–H groups in total. The summed E-state index contributed by atoms with van der Waals surface area (Å²) in [4.78, 5) is 33.7. The van der Waals surface area contributed by atoms with Gasteiger partial charge < -0.3 is 14.4 Å². The third kappa shape index (κ3) is 3.65. The topological polar surface area (TPSA) is 57.9 Å². The zero-order valence-corrected chi connectivity index (χ0v) is 16.7. The molecule has 2 aromatic rings. The van der Waals surface area contributed by atoms with Crippen molar-refractivity contribution in [2.45, 2.75) is 12.7 Å². The van der Waals surface area contributed by atoms with Crippen molar-refractivity contribution in [3.05, 3.63) is 57.0 Å². The van der Waals surface area contributed by atoms with Crippen molar-refractivity contribution in [3.8, 4) is 11.1 Å². The number of hydrogen-bond acceptors (Lipinski definition) is 4. The second-order valence-electron chi connectivity index (χ2n) is 7.72. The van der Waals surface area contributed by atoms with Gasteiger partial charge in [0.05, 0.1) is 17.7 Å². The molecule has 0 atom stereocenters. The van der Waals surface area contributed by atoms with Crippen molar-refractivity contribution in [1.29, 1.82) is 0 Å². The summed E-state index contributed by atoms with van der Waals surface area (Å²) in [5.41, 5.74) is 0.0916. The van der Waals surface area contributed by atoms with Crippen LogP contribution in [0.5, 0.6) is 0 Å².